The predicted molar refractivity (Wildman–Crippen MR) is 57.7 cm³/mol. The SMILES string of the molecule is ClC(C[SiH]1O[SiH2]O1)c1ccccc1. The van der Waals surface area contributed by atoms with Crippen molar-refractivity contribution in [2.24, 2.45) is 0 Å². The smallest absolute Gasteiger partial charge is 0.304 e. The molecule has 2 rings (SSSR count). The fourth-order valence-electron chi connectivity index (χ4n) is 1.27. The zero-order valence-corrected chi connectivity index (χ0v) is 10.5. The third-order valence-corrected chi connectivity index (χ3v) is 7.72. The minimum absolute atomic E-state index is 0.0622. The van der Waals surface area contributed by atoms with Gasteiger partial charge in [-0.1, -0.05) is 30.3 Å². The van der Waals surface area contributed by atoms with E-state index in [1.54, 1.807) is 0 Å². The molecule has 0 aliphatic carbocycles. The number of halogens is 1. The van der Waals surface area contributed by atoms with E-state index in [2.05, 4.69) is 0 Å². The lowest BCUT2D eigenvalue weighted by atomic mass is 10.2. The lowest BCUT2D eigenvalue weighted by Gasteiger charge is -2.27. The molecule has 0 aromatic heterocycles. The maximum absolute atomic E-state index is 6.20. The van der Waals surface area contributed by atoms with Crippen LogP contribution < -0.4 is 0 Å². The molecule has 0 amide bonds. The van der Waals surface area contributed by atoms with Gasteiger partial charge in [0, 0.05) is 6.04 Å². The van der Waals surface area contributed by atoms with Gasteiger partial charge in [-0.15, -0.1) is 11.6 Å². The first-order chi connectivity index (χ1) is 6.36. The van der Waals surface area contributed by atoms with E-state index in [4.69, 9.17) is 19.8 Å². The largest absolute Gasteiger partial charge is 0.422 e. The summed E-state index contributed by atoms with van der Waals surface area (Å²) in [6.07, 6.45) is 0. The molecule has 1 unspecified atom stereocenters. The average Bonchev–Trinajstić information content (AvgIpc) is 2.12. The molecular weight excluding hydrogens is 220 g/mol. The van der Waals surface area contributed by atoms with Crippen LogP contribution in [0.4, 0.5) is 0 Å². The molecule has 5 heteroatoms. The van der Waals surface area contributed by atoms with Gasteiger partial charge in [0.05, 0.1) is 5.38 Å². The summed E-state index contributed by atoms with van der Waals surface area (Å²) in [6.45, 7) is 0. The predicted octanol–water partition coefficient (Wildman–Crippen LogP) is 1.23. The normalized spacial score (nSPS) is 25.5. The molecule has 1 saturated heterocycles. The molecule has 1 fully saturated rings. The zero-order valence-electron chi connectivity index (χ0n) is 7.15. The Bertz CT molecular complexity index is 266. The van der Waals surface area contributed by atoms with Crippen molar-refractivity contribution >= 4 is 30.9 Å². The number of alkyl halides is 1. The van der Waals surface area contributed by atoms with Gasteiger partial charge in [-0.25, -0.2) is 0 Å². The molecule has 13 heavy (non-hydrogen) atoms. The third kappa shape index (κ3) is 2.41. The lowest BCUT2D eigenvalue weighted by Crippen LogP contribution is -2.39. The Hall–Kier alpha value is -0.136. The molecule has 0 N–H and O–H groups in total. The van der Waals surface area contributed by atoms with Gasteiger partial charge in [-0.3, -0.25) is 0 Å². The summed E-state index contributed by atoms with van der Waals surface area (Å²) in [4.78, 5) is 0. The van der Waals surface area contributed by atoms with Crippen LogP contribution in [0.5, 0.6) is 0 Å². The van der Waals surface area contributed by atoms with E-state index in [1.807, 2.05) is 30.3 Å². The van der Waals surface area contributed by atoms with E-state index in [-0.39, 0.29) is 5.38 Å². The van der Waals surface area contributed by atoms with Crippen LogP contribution in [-0.4, -0.2) is 19.3 Å². The van der Waals surface area contributed by atoms with E-state index in [0.29, 0.717) is 0 Å². The first-order valence-corrected chi connectivity index (χ1v) is 7.63. The van der Waals surface area contributed by atoms with E-state index in [9.17, 15) is 0 Å². The molecule has 0 bridgehead atoms. The second-order valence-corrected chi connectivity index (χ2v) is 7.75. The molecule has 1 aromatic rings. The number of benzene rings is 1. The fourth-order valence-corrected chi connectivity index (χ4v) is 4.86. The molecule has 0 spiro atoms. The average molecular weight is 231 g/mol. The summed E-state index contributed by atoms with van der Waals surface area (Å²) in [5.74, 6) is 0. The third-order valence-electron chi connectivity index (χ3n) is 2.07. The summed E-state index contributed by atoms with van der Waals surface area (Å²) in [6, 6.07) is 11.0. The monoisotopic (exact) mass is 230 g/mol. The van der Waals surface area contributed by atoms with Gasteiger partial charge in [0.1, 0.15) is 0 Å². The molecule has 0 saturated carbocycles. The topological polar surface area (TPSA) is 18.5 Å². The Morgan fingerprint density at radius 2 is 2.00 bits per heavy atom. The molecule has 1 heterocycles. The van der Waals surface area contributed by atoms with Gasteiger partial charge in [0.25, 0.3) is 10.0 Å². The highest BCUT2D eigenvalue weighted by Crippen LogP contribution is 2.27. The van der Waals surface area contributed by atoms with E-state index < -0.39 is 19.3 Å². The van der Waals surface area contributed by atoms with Gasteiger partial charge < -0.3 is 8.23 Å². The number of hydrogen-bond acceptors (Lipinski definition) is 2. The van der Waals surface area contributed by atoms with Crippen LogP contribution in [0.1, 0.15) is 10.9 Å². The Morgan fingerprint density at radius 1 is 1.31 bits per heavy atom. The van der Waals surface area contributed by atoms with Crippen molar-refractivity contribution in [1.82, 2.24) is 0 Å². The summed E-state index contributed by atoms with van der Waals surface area (Å²) >= 11 is 6.20. The van der Waals surface area contributed by atoms with Crippen molar-refractivity contribution in [1.29, 1.82) is 0 Å². The van der Waals surface area contributed by atoms with Crippen molar-refractivity contribution in [3.8, 4) is 0 Å². The quantitative estimate of drug-likeness (QED) is 0.575. The molecule has 2 nitrogen and oxygen atoms in total. The highest BCUT2D eigenvalue weighted by Gasteiger charge is 2.25. The van der Waals surface area contributed by atoms with Crippen LogP contribution >= 0.6 is 11.6 Å². The summed E-state index contributed by atoms with van der Waals surface area (Å²) in [5.41, 5.74) is 1.16. The maximum Gasteiger partial charge on any atom is 0.304 e. The van der Waals surface area contributed by atoms with Crippen LogP contribution in [0.25, 0.3) is 0 Å². The minimum Gasteiger partial charge on any atom is -0.422 e. The first-order valence-electron chi connectivity index (χ1n) is 4.28. The van der Waals surface area contributed by atoms with Gasteiger partial charge in [0.15, 0.2) is 0 Å². The summed E-state index contributed by atoms with van der Waals surface area (Å²) in [5, 5.41) is 0.0622. The molecule has 1 aliphatic rings. The van der Waals surface area contributed by atoms with Gasteiger partial charge in [0.2, 0.25) is 0 Å². The number of hydrogen-bond donors (Lipinski definition) is 0. The van der Waals surface area contributed by atoms with Gasteiger partial charge >= 0.3 is 9.28 Å². The van der Waals surface area contributed by atoms with Crippen molar-refractivity contribution in [2.45, 2.75) is 11.4 Å². The lowest BCUT2D eigenvalue weighted by molar-refractivity contribution is 0.310. The molecule has 1 aliphatic heterocycles. The molecule has 0 radical (unpaired) electrons. The number of rotatable bonds is 3. The maximum atomic E-state index is 6.20. The van der Waals surface area contributed by atoms with Gasteiger partial charge in [-0.05, 0) is 5.56 Å². The van der Waals surface area contributed by atoms with E-state index in [1.165, 1.54) is 0 Å². The Labute approximate surface area is 86.7 Å². The van der Waals surface area contributed by atoms with Crippen molar-refractivity contribution in [2.75, 3.05) is 0 Å². The first kappa shape index (κ1) is 9.42. The summed E-state index contributed by atoms with van der Waals surface area (Å²) < 4.78 is 10.8. The van der Waals surface area contributed by atoms with Crippen LogP contribution in [0, 0.1) is 0 Å². The van der Waals surface area contributed by atoms with Crippen LogP contribution in [0.3, 0.4) is 0 Å². The highest BCUT2D eigenvalue weighted by atomic mass is 35.5. The van der Waals surface area contributed by atoms with Crippen LogP contribution in [-0.2, 0) is 8.23 Å². The van der Waals surface area contributed by atoms with Crippen molar-refractivity contribution in [3.05, 3.63) is 35.9 Å². The summed E-state index contributed by atoms with van der Waals surface area (Å²) in [7, 11) is -1.86. The Kier molecular flexibility index (Phi) is 3.18. The Morgan fingerprint density at radius 3 is 2.54 bits per heavy atom. The molecular formula is C8H11ClO2Si2. The minimum atomic E-state index is -1.30. The van der Waals surface area contributed by atoms with Crippen molar-refractivity contribution < 1.29 is 8.23 Å². The Balaban J connectivity index is 1.92. The van der Waals surface area contributed by atoms with E-state index in [0.717, 1.165) is 11.6 Å². The highest BCUT2D eigenvalue weighted by molar-refractivity contribution is 6.64. The fraction of sp³-hybridized carbons (Fsp3) is 0.250. The van der Waals surface area contributed by atoms with Crippen molar-refractivity contribution in [3.63, 3.8) is 0 Å². The van der Waals surface area contributed by atoms with Crippen LogP contribution in [0.15, 0.2) is 30.3 Å². The second-order valence-electron chi connectivity index (χ2n) is 2.99. The zero-order chi connectivity index (χ0) is 9.10. The van der Waals surface area contributed by atoms with Crippen LogP contribution in [0.2, 0.25) is 6.04 Å². The standard InChI is InChI=1S/C8H11ClO2Si2/c9-8(6-13-10-12-11-13)7-4-2-1-3-5-7/h1-5,8,13H,6,12H2. The van der Waals surface area contributed by atoms with E-state index >= 15 is 0 Å². The molecule has 1 aromatic carbocycles. The molecule has 70 valence electrons. The molecule has 1 atom stereocenters. The van der Waals surface area contributed by atoms with Gasteiger partial charge in [-0.2, -0.15) is 0 Å². The second kappa shape index (κ2) is 4.39.